The van der Waals surface area contributed by atoms with Crippen LogP contribution in [0.15, 0.2) is 54.3 Å². The van der Waals surface area contributed by atoms with Crippen LogP contribution in [0.3, 0.4) is 0 Å². The number of carbonyl (C=O) groups excluding carboxylic acids is 2. The maximum Gasteiger partial charge on any atom is 0.416 e. The normalized spacial score (nSPS) is 27.4. The van der Waals surface area contributed by atoms with Crippen molar-refractivity contribution in [3.63, 3.8) is 0 Å². The largest absolute Gasteiger partial charge is 0.492 e. The zero-order valence-corrected chi connectivity index (χ0v) is 19.6. The van der Waals surface area contributed by atoms with Crippen molar-refractivity contribution in [2.45, 2.75) is 44.5 Å². The van der Waals surface area contributed by atoms with Gasteiger partial charge >= 0.3 is 12.2 Å². The summed E-state index contributed by atoms with van der Waals surface area (Å²) in [5.41, 5.74) is -0.483. The number of allylic oxidation sites excluding steroid dienone is 4. The Hall–Kier alpha value is -4.09. The molecule has 2 aromatic rings. The Labute approximate surface area is 209 Å². The lowest BCUT2D eigenvalue weighted by Crippen LogP contribution is -2.37. The molecule has 12 heteroatoms. The van der Waals surface area contributed by atoms with E-state index in [-0.39, 0.29) is 29.8 Å². The summed E-state index contributed by atoms with van der Waals surface area (Å²) in [6.07, 6.45) is 2.94. The fourth-order valence-electron chi connectivity index (χ4n) is 5.37. The van der Waals surface area contributed by atoms with Crippen LogP contribution >= 0.6 is 0 Å². The van der Waals surface area contributed by atoms with Crippen molar-refractivity contribution in [2.24, 2.45) is 11.3 Å². The third kappa shape index (κ3) is 4.15. The van der Waals surface area contributed by atoms with Crippen molar-refractivity contribution < 1.29 is 32.2 Å². The van der Waals surface area contributed by atoms with Crippen LogP contribution in [-0.2, 0) is 22.1 Å². The van der Waals surface area contributed by atoms with Gasteiger partial charge in [0.1, 0.15) is 35.0 Å². The fourth-order valence-corrected chi connectivity index (χ4v) is 5.37. The van der Waals surface area contributed by atoms with Crippen molar-refractivity contribution in [3.05, 3.63) is 65.4 Å². The van der Waals surface area contributed by atoms with Crippen LogP contribution in [0.1, 0.15) is 30.9 Å². The average Bonchev–Trinajstić information content (AvgIpc) is 3.42. The lowest BCUT2D eigenvalue weighted by molar-refractivity contribution is -0.137. The molecule has 6 rings (SSSR count). The number of pyridine rings is 2. The molecule has 2 aromatic heterocycles. The molecule has 2 aliphatic carbocycles. The molecule has 0 radical (unpaired) electrons. The summed E-state index contributed by atoms with van der Waals surface area (Å²) in [6, 6.07) is 2.42. The zero-order valence-electron chi connectivity index (χ0n) is 19.6. The monoisotopic (exact) mass is 513 g/mol. The molecule has 192 valence electrons. The van der Waals surface area contributed by atoms with E-state index in [1.807, 2.05) is 19.1 Å². The molecule has 2 aliphatic heterocycles. The van der Waals surface area contributed by atoms with Crippen molar-refractivity contribution in [1.29, 1.82) is 0 Å². The number of aromatic nitrogens is 2. The second-order valence-corrected chi connectivity index (χ2v) is 9.70. The molecule has 3 N–H and O–H groups in total. The molecule has 0 bridgehead atoms. The second-order valence-electron chi connectivity index (χ2n) is 9.70. The topological polar surface area (TPSA) is 114 Å². The SMILES string of the molecule is CC12CC(Oc3ccnc4c3CCC(=O)N4)=CC=C1O[C@@H]1[C@@H](NC(=O)Nc3cc(C(F)(F)F)ccn3)[C@@H]12. The van der Waals surface area contributed by atoms with Gasteiger partial charge in [-0.2, -0.15) is 13.2 Å². The number of anilines is 2. The third-order valence-corrected chi connectivity index (χ3v) is 7.22. The number of nitrogens with one attached hydrogen (secondary N) is 3. The van der Waals surface area contributed by atoms with Gasteiger partial charge in [-0.05, 0) is 36.8 Å². The van der Waals surface area contributed by atoms with Gasteiger partial charge in [0.25, 0.3) is 0 Å². The number of hydrogen-bond acceptors (Lipinski definition) is 6. The van der Waals surface area contributed by atoms with Gasteiger partial charge in [-0.15, -0.1) is 0 Å². The first kappa shape index (κ1) is 23.3. The Bertz CT molecular complexity index is 1370. The van der Waals surface area contributed by atoms with Gasteiger partial charge in [-0.3, -0.25) is 10.1 Å². The maximum absolute atomic E-state index is 12.9. The van der Waals surface area contributed by atoms with E-state index >= 15 is 0 Å². The van der Waals surface area contributed by atoms with Gasteiger partial charge in [0, 0.05) is 42.1 Å². The molecule has 37 heavy (non-hydrogen) atoms. The summed E-state index contributed by atoms with van der Waals surface area (Å²) in [6.45, 7) is 2.04. The summed E-state index contributed by atoms with van der Waals surface area (Å²) < 4.78 is 51.1. The summed E-state index contributed by atoms with van der Waals surface area (Å²) in [5.74, 6) is 2.34. The second kappa shape index (κ2) is 8.22. The Morgan fingerprint density at radius 3 is 2.84 bits per heavy atom. The number of hydrogen-bond donors (Lipinski definition) is 3. The van der Waals surface area contributed by atoms with Crippen LogP contribution in [0.2, 0.25) is 0 Å². The van der Waals surface area contributed by atoms with Gasteiger partial charge in [-0.1, -0.05) is 6.92 Å². The minimum atomic E-state index is -4.54. The predicted molar refractivity (Wildman–Crippen MR) is 124 cm³/mol. The lowest BCUT2D eigenvalue weighted by Gasteiger charge is -2.32. The van der Waals surface area contributed by atoms with Gasteiger partial charge < -0.3 is 20.1 Å². The molecule has 0 spiro atoms. The van der Waals surface area contributed by atoms with E-state index in [0.717, 1.165) is 29.7 Å². The zero-order chi connectivity index (χ0) is 25.9. The van der Waals surface area contributed by atoms with Crippen molar-refractivity contribution in [1.82, 2.24) is 15.3 Å². The molecule has 0 aromatic carbocycles. The number of ether oxygens (including phenoxy) is 2. The van der Waals surface area contributed by atoms with Crippen molar-refractivity contribution >= 4 is 23.6 Å². The summed E-state index contributed by atoms with van der Waals surface area (Å²) in [5, 5.41) is 7.93. The van der Waals surface area contributed by atoms with Crippen LogP contribution in [0.25, 0.3) is 0 Å². The standard InChI is InChI=1S/C25H22F3N5O4/c1-24-11-13(36-15-7-9-30-22-14(15)3-5-18(34)32-22)2-4-16(24)37-21-19(24)20(21)33-23(35)31-17-10-12(6-8-29-17)25(26,27)28/h2,4,6-10,19-21H,3,5,11H2,1H3,(H,30,32,34)(H2,29,31,33,35)/t19-,20-,21-,24?/m0/s1. The molecule has 1 saturated carbocycles. The number of urea groups is 1. The molecular weight excluding hydrogens is 491 g/mol. The molecule has 1 unspecified atom stereocenters. The number of carbonyl (C=O) groups is 2. The minimum Gasteiger partial charge on any atom is -0.492 e. The molecule has 4 heterocycles. The maximum atomic E-state index is 12.9. The summed E-state index contributed by atoms with van der Waals surface area (Å²) >= 11 is 0. The van der Waals surface area contributed by atoms with Crippen molar-refractivity contribution in [3.8, 4) is 5.75 Å². The third-order valence-electron chi connectivity index (χ3n) is 7.22. The highest BCUT2D eigenvalue weighted by atomic mass is 19.4. The van der Waals surface area contributed by atoms with Crippen LogP contribution in [-0.4, -0.2) is 34.1 Å². The highest BCUT2D eigenvalue weighted by Crippen LogP contribution is 2.63. The molecule has 9 nitrogen and oxygen atoms in total. The summed E-state index contributed by atoms with van der Waals surface area (Å²) in [4.78, 5) is 32.2. The van der Waals surface area contributed by atoms with Crippen LogP contribution in [0, 0.1) is 11.3 Å². The van der Waals surface area contributed by atoms with Crippen molar-refractivity contribution in [2.75, 3.05) is 10.6 Å². The van der Waals surface area contributed by atoms with Crippen LogP contribution in [0.4, 0.5) is 29.6 Å². The number of nitrogens with zero attached hydrogens (tertiary/aromatic N) is 2. The fraction of sp³-hybridized carbons (Fsp3) is 0.360. The van der Waals surface area contributed by atoms with E-state index < -0.39 is 23.2 Å². The van der Waals surface area contributed by atoms with E-state index in [4.69, 9.17) is 9.47 Å². The minimum absolute atomic E-state index is 0.0306. The number of amides is 3. The number of halogens is 3. The Balaban J connectivity index is 1.11. The first-order valence-electron chi connectivity index (χ1n) is 11.8. The predicted octanol–water partition coefficient (Wildman–Crippen LogP) is 4.16. The molecular formula is C25H22F3N5O4. The summed E-state index contributed by atoms with van der Waals surface area (Å²) in [7, 11) is 0. The molecule has 4 aliphatic rings. The van der Waals surface area contributed by atoms with E-state index in [0.29, 0.717) is 36.6 Å². The van der Waals surface area contributed by atoms with Gasteiger partial charge in [0.15, 0.2) is 0 Å². The molecule has 3 amide bonds. The molecule has 2 fully saturated rings. The number of rotatable bonds is 4. The highest BCUT2D eigenvalue weighted by molar-refractivity contribution is 5.93. The number of fused-ring (bicyclic) bond motifs is 4. The molecule has 1 saturated heterocycles. The Morgan fingerprint density at radius 1 is 1.22 bits per heavy atom. The van der Waals surface area contributed by atoms with Gasteiger partial charge in [0.2, 0.25) is 5.91 Å². The Morgan fingerprint density at radius 2 is 2.03 bits per heavy atom. The van der Waals surface area contributed by atoms with Gasteiger partial charge in [0.05, 0.1) is 11.6 Å². The van der Waals surface area contributed by atoms with Crippen LogP contribution in [0.5, 0.6) is 5.75 Å². The van der Waals surface area contributed by atoms with Gasteiger partial charge in [-0.25, -0.2) is 14.8 Å². The van der Waals surface area contributed by atoms with E-state index in [9.17, 15) is 22.8 Å². The highest BCUT2D eigenvalue weighted by Gasteiger charge is 2.69. The van der Waals surface area contributed by atoms with E-state index in [1.54, 1.807) is 12.3 Å². The van der Waals surface area contributed by atoms with E-state index in [2.05, 4.69) is 25.9 Å². The lowest BCUT2D eigenvalue weighted by atomic mass is 9.77. The quantitative estimate of drug-likeness (QED) is 0.566. The molecule has 4 atom stereocenters. The van der Waals surface area contributed by atoms with Crippen LogP contribution < -0.4 is 20.7 Å². The van der Waals surface area contributed by atoms with E-state index in [1.165, 1.54) is 0 Å². The Kier molecular flexibility index (Phi) is 5.18. The first-order chi connectivity index (χ1) is 17.6. The first-order valence-corrected chi connectivity index (χ1v) is 11.8. The number of alkyl halides is 3. The average molecular weight is 513 g/mol. The smallest absolute Gasteiger partial charge is 0.416 e.